The van der Waals surface area contributed by atoms with Gasteiger partial charge in [-0.15, -0.1) is 0 Å². The van der Waals surface area contributed by atoms with E-state index in [0.29, 0.717) is 6.54 Å². The van der Waals surface area contributed by atoms with Crippen molar-refractivity contribution in [1.29, 1.82) is 0 Å². The molecule has 1 aliphatic rings. The molecular weight excluding hydrogens is 276 g/mol. The Morgan fingerprint density at radius 1 is 1.23 bits per heavy atom. The molecule has 1 heterocycles. The Kier molecular flexibility index (Phi) is 4.03. The molecule has 1 aliphatic carbocycles. The Hall–Kier alpha value is -2.07. The van der Waals surface area contributed by atoms with Crippen molar-refractivity contribution in [3.05, 3.63) is 60.1 Å². The number of hydrogen-bond acceptors (Lipinski definition) is 2. The lowest BCUT2D eigenvalue weighted by Gasteiger charge is -2.22. The number of carbonyl (C=O) groups excluding carboxylic acids is 1. The van der Waals surface area contributed by atoms with E-state index in [1.54, 1.807) is 6.26 Å². The molecular formula is C18H23N2O2+. The SMILES string of the molecule is C[NH+](C)[C@@H](CNC(=O)C1(c2ccccc2)CC1)c1ccco1. The number of carbonyl (C=O) groups is 1. The first-order chi connectivity index (χ1) is 10.6. The summed E-state index contributed by atoms with van der Waals surface area (Å²) in [6.45, 7) is 0.587. The Bertz CT molecular complexity index is 616. The summed E-state index contributed by atoms with van der Waals surface area (Å²) >= 11 is 0. The number of rotatable bonds is 6. The quantitative estimate of drug-likeness (QED) is 0.845. The molecule has 0 unspecified atom stereocenters. The van der Waals surface area contributed by atoms with E-state index in [0.717, 1.165) is 24.2 Å². The Morgan fingerprint density at radius 2 is 1.95 bits per heavy atom. The third kappa shape index (κ3) is 2.79. The summed E-state index contributed by atoms with van der Waals surface area (Å²) in [6, 6.07) is 14.1. The second-order valence-electron chi connectivity index (χ2n) is 6.30. The average molecular weight is 299 g/mol. The van der Waals surface area contributed by atoms with Gasteiger partial charge < -0.3 is 14.6 Å². The number of quaternary nitrogens is 1. The second-order valence-corrected chi connectivity index (χ2v) is 6.30. The summed E-state index contributed by atoms with van der Waals surface area (Å²) < 4.78 is 5.50. The predicted molar refractivity (Wildman–Crippen MR) is 84.6 cm³/mol. The van der Waals surface area contributed by atoms with E-state index in [-0.39, 0.29) is 17.4 Å². The highest BCUT2D eigenvalue weighted by Gasteiger charge is 2.51. The minimum Gasteiger partial charge on any atom is -0.463 e. The van der Waals surface area contributed by atoms with Gasteiger partial charge in [-0.05, 0) is 30.5 Å². The highest BCUT2D eigenvalue weighted by atomic mass is 16.3. The van der Waals surface area contributed by atoms with Crippen molar-refractivity contribution in [2.24, 2.45) is 0 Å². The summed E-state index contributed by atoms with van der Waals surface area (Å²) in [4.78, 5) is 13.9. The van der Waals surface area contributed by atoms with Gasteiger partial charge in [0.2, 0.25) is 5.91 Å². The molecule has 1 fully saturated rings. The first kappa shape index (κ1) is 14.9. The molecule has 0 bridgehead atoms. The minimum atomic E-state index is -0.309. The van der Waals surface area contributed by atoms with Gasteiger partial charge in [-0.25, -0.2) is 0 Å². The van der Waals surface area contributed by atoms with Gasteiger partial charge in [0, 0.05) is 0 Å². The number of hydrogen-bond donors (Lipinski definition) is 2. The third-order valence-corrected chi connectivity index (χ3v) is 4.56. The zero-order valence-corrected chi connectivity index (χ0v) is 13.1. The predicted octanol–water partition coefficient (Wildman–Crippen LogP) is 1.31. The number of furan rings is 1. The Morgan fingerprint density at radius 3 is 2.50 bits per heavy atom. The first-order valence-corrected chi connectivity index (χ1v) is 7.81. The van der Waals surface area contributed by atoms with E-state index < -0.39 is 0 Å². The summed E-state index contributed by atoms with van der Waals surface area (Å²) in [5.74, 6) is 1.04. The fraction of sp³-hybridized carbons (Fsp3) is 0.389. The molecule has 116 valence electrons. The molecule has 2 N–H and O–H groups in total. The normalized spacial score (nSPS) is 17.2. The number of amides is 1. The lowest BCUT2D eigenvalue weighted by atomic mass is 9.95. The van der Waals surface area contributed by atoms with E-state index >= 15 is 0 Å². The first-order valence-electron chi connectivity index (χ1n) is 7.81. The van der Waals surface area contributed by atoms with E-state index in [9.17, 15) is 4.79 Å². The van der Waals surface area contributed by atoms with Gasteiger partial charge >= 0.3 is 0 Å². The molecule has 2 aromatic rings. The average Bonchev–Trinajstić information content (AvgIpc) is 3.18. The molecule has 0 radical (unpaired) electrons. The molecule has 1 aromatic carbocycles. The third-order valence-electron chi connectivity index (χ3n) is 4.56. The maximum atomic E-state index is 12.7. The minimum absolute atomic E-state index is 0.130. The zero-order chi connectivity index (χ0) is 15.6. The summed E-state index contributed by atoms with van der Waals surface area (Å²) in [7, 11) is 4.15. The molecule has 1 atom stereocenters. The van der Waals surface area contributed by atoms with Gasteiger partial charge in [-0.2, -0.15) is 0 Å². The van der Waals surface area contributed by atoms with E-state index in [1.165, 1.54) is 4.90 Å². The van der Waals surface area contributed by atoms with Crippen LogP contribution >= 0.6 is 0 Å². The molecule has 1 aromatic heterocycles. The molecule has 0 saturated heterocycles. The van der Waals surface area contributed by atoms with Gasteiger partial charge in [0.1, 0.15) is 0 Å². The molecule has 1 saturated carbocycles. The molecule has 4 nitrogen and oxygen atoms in total. The molecule has 0 spiro atoms. The maximum absolute atomic E-state index is 12.7. The van der Waals surface area contributed by atoms with Crippen LogP contribution in [0.2, 0.25) is 0 Å². The monoisotopic (exact) mass is 299 g/mol. The van der Waals surface area contributed by atoms with Crippen molar-refractivity contribution in [2.45, 2.75) is 24.3 Å². The van der Waals surface area contributed by atoms with Crippen molar-refractivity contribution in [3.63, 3.8) is 0 Å². The number of benzene rings is 1. The van der Waals surface area contributed by atoms with Crippen LogP contribution in [0.3, 0.4) is 0 Å². The van der Waals surface area contributed by atoms with Gasteiger partial charge in [-0.1, -0.05) is 30.3 Å². The van der Waals surface area contributed by atoms with Crippen LogP contribution in [-0.2, 0) is 10.2 Å². The van der Waals surface area contributed by atoms with Crippen molar-refractivity contribution in [1.82, 2.24) is 5.32 Å². The van der Waals surface area contributed by atoms with Crippen LogP contribution < -0.4 is 10.2 Å². The summed E-state index contributed by atoms with van der Waals surface area (Å²) in [5, 5.41) is 3.13. The lowest BCUT2D eigenvalue weighted by Crippen LogP contribution is -3.07. The van der Waals surface area contributed by atoms with E-state index in [2.05, 4.69) is 19.4 Å². The van der Waals surface area contributed by atoms with Gasteiger partial charge in [-0.3, -0.25) is 4.79 Å². The second kappa shape index (κ2) is 5.97. The van der Waals surface area contributed by atoms with Gasteiger partial charge in [0.05, 0.1) is 32.3 Å². The Labute approximate surface area is 131 Å². The van der Waals surface area contributed by atoms with Crippen molar-refractivity contribution >= 4 is 5.91 Å². The van der Waals surface area contributed by atoms with Crippen molar-refractivity contribution in [3.8, 4) is 0 Å². The summed E-state index contributed by atoms with van der Waals surface area (Å²) in [5.41, 5.74) is 0.815. The van der Waals surface area contributed by atoms with Crippen LogP contribution in [0.1, 0.15) is 30.2 Å². The highest BCUT2D eigenvalue weighted by molar-refractivity contribution is 5.91. The van der Waals surface area contributed by atoms with Crippen LogP contribution in [0.5, 0.6) is 0 Å². The topological polar surface area (TPSA) is 46.7 Å². The standard InChI is InChI=1S/C18H22N2O2/c1-20(2)15(16-9-6-12-22-16)13-19-17(21)18(10-11-18)14-7-4-3-5-8-14/h3-9,12,15H,10-11,13H2,1-2H3,(H,19,21)/p+1/t15-/m0/s1. The molecule has 3 rings (SSSR count). The van der Waals surface area contributed by atoms with Crippen LogP contribution in [0.4, 0.5) is 0 Å². The van der Waals surface area contributed by atoms with E-state index in [1.807, 2.05) is 42.5 Å². The van der Waals surface area contributed by atoms with Crippen LogP contribution in [-0.4, -0.2) is 26.5 Å². The largest absolute Gasteiger partial charge is 0.463 e. The zero-order valence-electron chi connectivity index (χ0n) is 13.1. The van der Waals surface area contributed by atoms with Gasteiger partial charge in [0.15, 0.2) is 11.8 Å². The fourth-order valence-corrected chi connectivity index (χ4v) is 2.97. The molecule has 4 heteroatoms. The Balaban J connectivity index is 1.67. The number of likely N-dealkylation sites (N-methyl/N-ethyl adjacent to an activating group) is 1. The van der Waals surface area contributed by atoms with Crippen LogP contribution in [0.15, 0.2) is 53.1 Å². The van der Waals surface area contributed by atoms with E-state index in [4.69, 9.17) is 4.42 Å². The van der Waals surface area contributed by atoms with Crippen molar-refractivity contribution in [2.75, 3.05) is 20.6 Å². The smallest absolute Gasteiger partial charge is 0.230 e. The lowest BCUT2D eigenvalue weighted by molar-refractivity contribution is -0.891. The molecule has 0 aliphatic heterocycles. The molecule has 1 amide bonds. The van der Waals surface area contributed by atoms with Crippen molar-refractivity contribution < 1.29 is 14.1 Å². The molecule has 22 heavy (non-hydrogen) atoms. The fourth-order valence-electron chi connectivity index (χ4n) is 2.97. The maximum Gasteiger partial charge on any atom is 0.230 e. The number of nitrogens with one attached hydrogen (secondary N) is 2. The summed E-state index contributed by atoms with van der Waals surface area (Å²) in [6.07, 6.45) is 3.55. The highest BCUT2D eigenvalue weighted by Crippen LogP contribution is 2.48. The van der Waals surface area contributed by atoms with Crippen LogP contribution in [0, 0.1) is 0 Å². The van der Waals surface area contributed by atoms with Crippen LogP contribution in [0.25, 0.3) is 0 Å². The van der Waals surface area contributed by atoms with Gasteiger partial charge in [0.25, 0.3) is 0 Å².